The Bertz CT molecular complexity index is 573. The Kier molecular flexibility index (Phi) is 4.52. The van der Waals surface area contributed by atoms with E-state index in [2.05, 4.69) is 15.6 Å². The maximum absolute atomic E-state index is 11.7. The van der Waals surface area contributed by atoms with Gasteiger partial charge in [-0.3, -0.25) is 9.59 Å². The Labute approximate surface area is 121 Å². The molecule has 7 heteroatoms. The van der Waals surface area contributed by atoms with Gasteiger partial charge in [-0.1, -0.05) is 13.0 Å². The fourth-order valence-electron chi connectivity index (χ4n) is 1.95. The second-order valence-corrected chi connectivity index (χ2v) is 5.12. The number of nitrogens with zero attached hydrogens (tertiary/aromatic N) is 1. The van der Waals surface area contributed by atoms with Gasteiger partial charge in [-0.2, -0.15) is 0 Å². The number of pyridine rings is 1. The molecule has 2 atom stereocenters. The highest BCUT2D eigenvalue weighted by atomic mass is 16.4. The van der Waals surface area contributed by atoms with Crippen molar-refractivity contribution >= 4 is 23.6 Å². The number of anilines is 1. The molecule has 0 radical (unpaired) electrons. The summed E-state index contributed by atoms with van der Waals surface area (Å²) in [5, 5.41) is 14.0. The Morgan fingerprint density at radius 2 is 2.10 bits per heavy atom. The lowest BCUT2D eigenvalue weighted by atomic mass is 10.3. The molecule has 0 aliphatic heterocycles. The highest BCUT2D eigenvalue weighted by Crippen LogP contribution is 2.37. The van der Waals surface area contributed by atoms with Gasteiger partial charge in [-0.25, -0.2) is 9.78 Å². The summed E-state index contributed by atoms with van der Waals surface area (Å²) in [6, 6.07) is 4.35. The maximum Gasteiger partial charge on any atom is 0.354 e. The van der Waals surface area contributed by atoms with Gasteiger partial charge >= 0.3 is 5.97 Å². The van der Waals surface area contributed by atoms with Crippen molar-refractivity contribution in [1.29, 1.82) is 0 Å². The van der Waals surface area contributed by atoms with E-state index >= 15 is 0 Å². The highest BCUT2D eigenvalue weighted by Gasteiger charge is 2.38. The molecule has 0 aromatic carbocycles. The molecule has 2 rings (SSSR count). The van der Waals surface area contributed by atoms with Crippen LogP contribution in [0.15, 0.2) is 18.2 Å². The van der Waals surface area contributed by atoms with E-state index < -0.39 is 5.97 Å². The summed E-state index contributed by atoms with van der Waals surface area (Å²) in [5.41, 5.74) is -0.135. The fraction of sp³-hybridized carbons (Fsp3) is 0.429. The summed E-state index contributed by atoms with van der Waals surface area (Å²) in [7, 11) is 0. The number of carbonyl (C=O) groups is 3. The number of hydrogen-bond acceptors (Lipinski definition) is 4. The third-order valence-electron chi connectivity index (χ3n) is 3.33. The quantitative estimate of drug-likeness (QED) is 0.721. The Morgan fingerprint density at radius 3 is 2.71 bits per heavy atom. The van der Waals surface area contributed by atoms with Crippen molar-refractivity contribution < 1.29 is 19.5 Å². The first kappa shape index (κ1) is 15.0. The van der Waals surface area contributed by atoms with Crippen LogP contribution in [0, 0.1) is 11.8 Å². The number of carboxylic acids is 1. The summed E-state index contributed by atoms with van der Waals surface area (Å²) in [4.78, 5) is 37.8. The van der Waals surface area contributed by atoms with Gasteiger partial charge in [0.25, 0.3) is 0 Å². The summed E-state index contributed by atoms with van der Waals surface area (Å²) in [5.74, 6) is -0.793. The molecule has 3 N–H and O–H groups in total. The molecule has 0 bridgehead atoms. The second kappa shape index (κ2) is 6.34. The molecule has 2 amide bonds. The number of carboxylic acid groups (broad SMARTS) is 1. The lowest BCUT2D eigenvalue weighted by molar-refractivity contribution is -0.122. The molecule has 7 nitrogen and oxygen atoms in total. The van der Waals surface area contributed by atoms with Gasteiger partial charge in [0.05, 0.1) is 0 Å². The topological polar surface area (TPSA) is 108 Å². The fourth-order valence-corrected chi connectivity index (χ4v) is 1.95. The van der Waals surface area contributed by atoms with E-state index in [1.54, 1.807) is 0 Å². The van der Waals surface area contributed by atoms with Crippen molar-refractivity contribution in [2.45, 2.75) is 19.8 Å². The SMILES string of the molecule is CC1CC1C(=O)NCCC(=O)Nc1cccc(C(=O)O)n1. The monoisotopic (exact) mass is 291 g/mol. The van der Waals surface area contributed by atoms with Gasteiger partial charge in [0.1, 0.15) is 5.82 Å². The Morgan fingerprint density at radius 1 is 1.38 bits per heavy atom. The van der Waals surface area contributed by atoms with Gasteiger partial charge in [0, 0.05) is 18.9 Å². The molecule has 1 saturated carbocycles. The van der Waals surface area contributed by atoms with Crippen molar-refractivity contribution in [2.75, 3.05) is 11.9 Å². The molecule has 2 unspecified atom stereocenters. The molecule has 1 aliphatic carbocycles. The number of rotatable bonds is 6. The van der Waals surface area contributed by atoms with Crippen molar-refractivity contribution in [3.63, 3.8) is 0 Å². The minimum Gasteiger partial charge on any atom is -0.477 e. The molecular weight excluding hydrogens is 274 g/mol. The molecule has 112 valence electrons. The van der Waals surface area contributed by atoms with Gasteiger partial charge in [0.2, 0.25) is 11.8 Å². The lowest BCUT2D eigenvalue weighted by Crippen LogP contribution is -2.29. The number of aromatic carboxylic acids is 1. The summed E-state index contributed by atoms with van der Waals surface area (Å²) < 4.78 is 0. The predicted octanol–water partition coefficient (Wildman–Crippen LogP) is 0.881. The summed E-state index contributed by atoms with van der Waals surface area (Å²) >= 11 is 0. The first-order valence-corrected chi connectivity index (χ1v) is 6.75. The van der Waals surface area contributed by atoms with Crippen LogP contribution in [0.3, 0.4) is 0 Å². The van der Waals surface area contributed by atoms with Gasteiger partial charge in [0.15, 0.2) is 5.69 Å². The van der Waals surface area contributed by atoms with E-state index in [0.717, 1.165) is 6.42 Å². The van der Waals surface area contributed by atoms with Crippen LogP contribution in [0.4, 0.5) is 5.82 Å². The largest absolute Gasteiger partial charge is 0.477 e. The second-order valence-electron chi connectivity index (χ2n) is 5.12. The average molecular weight is 291 g/mol. The Hall–Kier alpha value is -2.44. The molecule has 0 spiro atoms. The van der Waals surface area contributed by atoms with Gasteiger partial charge in [-0.15, -0.1) is 0 Å². The zero-order valence-electron chi connectivity index (χ0n) is 11.6. The van der Waals surface area contributed by atoms with Crippen LogP contribution in [0.1, 0.15) is 30.3 Å². The zero-order chi connectivity index (χ0) is 15.4. The van der Waals surface area contributed by atoms with Crippen molar-refractivity contribution in [2.24, 2.45) is 11.8 Å². The lowest BCUT2D eigenvalue weighted by Gasteiger charge is -2.06. The minimum atomic E-state index is -1.16. The average Bonchev–Trinajstić information content (AvgIpc) is 3.16. The number of aromatic nitrogens is 1. The first-order valence-electron chi connectivity index (χ1n) is 6.75. The van der Waals surface area contributed by atoms with Crippen molar-refractivity contribution in [3.05, 3.63) is 23.9 Å². The summed E-state index contributed by atoms with van der Waals surface area (Å²) in [6.45, 7) is 2.27. The van der Waals surface area contributed by atoms with Crippen LogP contribution in [-0.4, -0.2) is 34.4 Å². The molecule has 1 aliphatic rings. The van der Waals surface area contributed by atoms with Crippen LogP contribution in [0.5, 0.6) is 0 Å². The Balaban J connectivity index is 1.75. The van der Waals surface area contributed by atoms with E-state index in [1.165, 1.54) is 18.2 Å². The van der Waals surface area contributed by atoms with E-state index in [0.29, 0.717) is 5.92 Å². The smallest absolute Gasteiger partial charge is 0.354 e. The molecule has 1 aromatic rings. The van der Waals surface area contributed by atoms with Crippen LogP contribution >= 0.6 is 0 Å². The third kappa shape index (κ3) is 4.27. The third-order valence-corrected chi connectivity index (χ3v) is 3.33. The number of nitrogens with one attached hydrogen (secondary N) is 2. The first-order chi connectivity index (χ1) is 9.97. The van der Waals surface area contributed by atoms with E-state index in [4.69, 9.17) is 5.11 Å². The van der Waals surface area contributed by atoms with Crippen LogP contribution in [-0.2, 0) is 9.59 Å². The molecule has 1 fully saturated rings. The van der Waals surface area contributed by atoms with E-state index in [-0.39, 0.29) is 42.2 Å². The van der Waals surface area contributed by atoms with Crippen molar-refractivity contribution in [3.8, 4) is 0 Å². The highest BCUT2D eigenvalue weighted by molar-refractivity contribution is 5.91. The predicted molar refractivity (Wildman–Crippen MR) is 74.7 cm³/mol. The molecule has 1 heterocycles. The van der Waals surface area contributed by atoms with Crippen molar-refractivity contribution in [1.82, 2.24) is 10.3 Å². The van der Waals surface area contributed by atoms with Gasteiger partial charge in [-0.05, 0) is 24.5 Å². The molecule has 0 saturated heterocycles. The molecular formula is C14H17N3O4. The van der Waals surface area contributed by atoms with Crippen LogP contribution in [0.25, 0.3) is 0 Å². The standard InChI is InChI=1S/C14H17N3O4/c1-8-7-9(8)13(19)15-6-5-12(18)17-11-4-2-3-10(16-11)14(20)21/h2-4,8-9H,5-7H2,1H3,(H,15,19)(H,20,21)(H,16,17,18). The minimum absolute atomic E-state index is 0.0127. The number of carbonyl (C=O) groups excluding carboxylic acids is 2. The van der Waals surface area contributed by atoms with E-state index in [9.17, 15) is 14.4 Å². The summed E-state index contributed by atoms with van der Waals surface area (Å²) in [6.07, 6.45) is 1.02. The number of amides is 2. The maximum atomic E-state index is 11.7. The molecule has 21 heavy (non-hydrogen) atoms. The molecule has 1 aromatic heterocycles. The van der Waals surface area contributed by atoms with E-state index in [1.807, 2.05) is 6.92 Å². The number of hydrogen-bond donors (Lipinski definition) is 3. The zero-order valence-corrected chi connectivity index (χ0v) is 11.6. The van der Waals surface area contributed by atoms with Gasteiger partial charge < -0.3 is 15.7 Å². The van der Waals surface area contributed by atoms with Crippen LogP contribution in [0.2, 0.25) is 0 Å². The van der Waals surface area contributed by atoms with Crippen LogP contribution < -0.4 is 10.6 Å². The normalized spacial score (nSPS) is 19.7.